The van der Waals surface area contributed by atoms with Gasteiger partial charge in [0.25, 0.3) is 0 Å². The molecule has 0 radical (unpaired) electrons. The molecule has 134 valence electrons. The molecule has 0 aliphatic carbocycles. The number of nitrogens with one attached hydrogen (secondary N) is 2. The number of rotatable bonds is 7. The predicted octanol–water partition coefficient (Wildman–Crippen LogP) is 3.26. The van der Waals surface area contributed by atoms with Gasteiger partial charge in [-0.1, -0.05) is 41.9 Å². The first-order valence-electron chi connectivity index (χ1n) is 8.07. The number of methoxy groups -OCH3 is 2. The third kappa shape index (κ3) is 5.29. The lowest BCUT2D eigenvalue weighted by molar-refractivity contribution is 0.351. The van der Waals surface area contributed by atoms with Crippen LogP contribution in [0.4, 0.5) is 0 Å². The Bertz CT molecular complexity index is 720. The molecular weight excluding hydrogens is 338 g/mol. The van der Waals surface area contributed by atoms with Gasteiger partial charge >= 0.3 is 0 Å². The third-order valence-electron chi connectivity index (χ3n) is 3.80. The van der Waals surface area contributed by atoms with E-state index < -0.39 is 0 Å². The summed E-state index contributed by atoms with van der Waals surface area (Å²) in [5.74, 6) is 2.16. The Morgan fingerprint density at radius 1 is 1.00 bits per heavy atom. The molecule has 2 rings (SSSR count). The lowest BCUT2D eigenvalue weighted by Crippen LogP contribution is -2.37. The second-order valence-corrected chi connectivity index (χ2v) is 5.75. The van der Waals surface area contributed by atoms with E-state index in [9.17, 15) is 0 Å². The quantitative estimate of drug-likeness (QED) is 0.587. The lowest BCUT2D eigenvalue weighted by Gasteiger charge is -2.15. The van der Waals surface area contributed by atoms with Crippen molar-refractivity contribution in [1.82, 2.24) is 10.6 Å². The first kappa shape index (κ1) is 18.9. The Balaban J connectivity index is 1.90. The van der Waals surface area contributed by atoms with Crippen LogP contribution in [0.15, 0.2) is 47.5 Å². The zero-order valence-electron chi connectivity index (χ0n) is 14.8. The molecule has 0 saturated carbocycles. The van der Waals surface area contributed by atoms with Gasteiger partial charge in [0, 0.05) is 30.7 Å². The number of halogens is 1. The van der Waals surface area contributed by atoms with Crippen molar-refractivity contribution in [3.63, 3.8) is 0 Å². The fourth-order valence-electron chi connectivity index (χ4n) is 2.51. The monoisotopic (exact) mass is 361 g/mol. The molecule has 0 aliphatic heterocycles. The molecule has 2 N–H and O–H groups in total. The highest BCUT2D eigenvalue weighted by molar-refractivity contribution is 6.31. The van der Waals surface area contributed by atoms with E-state index in [4.69, 9.17) is 21.1 Å². The first-order chi connectivity index (χ1) is 12.2. The number of para-hydroxylation sites is 1. The second kappa shape index (κ2) is 9.79. The highest BCUT2D eigenvalue weighted by Gasteiger charge is 2.09. The first-order valence-corrected chi connectivity index (χ1v) is 8.45. The summed E-state index contributed by atoms with van der Waals surface area (Å²) in [6.45, 7) is 1.31. The van der Waals surface area contributed by atoms with Crippen molar-refractivity contribution < 1.29 is 9.47 Å². The number of ether oxygens (including phenoxy) is 2. The molecule has 25 heavy (non-hydrogen) atoms. The average molecular weight is 362 g/mol. The molecular formula is C19H24ClN3O2. The summed E-state index contributed by atoms with van der Waals surface area (Å²) >= 11 is 6.18. The van der Waals surface area contributed by atoms with Gasteiger partial charge < -0.3 is 20.1 Å². The van der Waals surface area contributed by atoms with Crippen LogP contribution in [-0.4, -0.2) is 33.8 Å². The summed E-state index contributed by atoms with van der Waals surface area (Å²) in [6.07, 6.45) is 0.822. The van der Waals surface area contributed by atoms with Crippen molar-refractivity contribution in [3.05, 3.63) is 58.6 Å². The summed E-state index contributed by atoms with van der Waals surface area (Å²) in [5, 5.41) is 7.36. The zero-order valence-corrected chi connectivity index (χ0v) is 15.6. The summed E-state index contributed by atoms with van der Waals surface area (Å²) in [7, 11) is 5.01. The smallest absolute Gasteiger partial charge is 0.191 e. The van der Waals surface area contributed by atoms with Crippen molar-refractivity contribution in [2.75, 3.05) is 27.8 Å². The second-order valence-electron chi connectivity index (χ2n) is 5.35. The summed E-state index contributed by atoms with van der Waals surface area (Å²) in [4.78, 5) is 4.24. The molecule has 6 heteroatoms. The van der Waals surface area contributed by atoms with Crippen molar-refractivity contribution in [2.45, 2.75) is 13.0 Å². The fourth-order valence-corrected chi connectivity index (χ4v) is 2.74. The van der Waals surface area contributed by atoms with Crippen LogP contribution in [-0.2, 0) is 13.0 Å². The van der Waals surface area contributed by atoms with Gasteiger partial charge in [-0.05, 0) is 24.1 Å². The van der Waals surface area contributed by atoms with Gasteiger partial charge in [-0.2, -0.15) is 0 Å². The maximum absolute atomic E-state index is 6.18. The number of hydrogen-bond donors (Lipinski definition) is 2. The normalized spacial score (nSPS) is 11.1. The maximum atomic E-state index is 6.18. The molecule has 0 aromatic heterocycles. The van der Waals surface area contributed by atoms with Gasteiger partial charge in [0.05, 0.1) is 14.2 Å². The van der Waals surface area contributed by atoms with Crippen molar-refractivity contribution in [1.29, 1.82) is 0 Å². The molecule has 0 atom stereocenters. The molecule has 5 nitrogen and oxygen atoms in total. The largest absolute Gasteiger partial charge is 0.493 e. The topological polar surface area (TPSA) is 54.9 Å². The summed E-state index contributed by atoms with van der Waals surface area (Å²) in [6, 6.07) is 13.7. The van der Waals surface area contributed by atoms with E-state index in [2.05, 4.69) is 15.6 Å². The van der Waals surface area contributed by atoms with E-state index in [-0.39, 0.29) is 0 Å². The minimum Gasteiger partial charge on any atom is -0.493 e. The van der Waals surface area contributed by atoms with E-state index in [1.807, 2.05) is 42.5 Å². The minimum atomic E-state index is 0.576. The number of aliphatic imine (C=N–C) groups is 1. The van der Waals surface area contributed by atoms with E-state index in [1.165, 1.54) is 0 Å². The van der Waals surface area contributed by atoms with Crippen LogP contribution in [0.5, 0.6) is 11.5 Å². The Kier molecular flexibility index (Phi) is 7.41. The van der Waals surface area contributed by atoms with E-state index in [0.717, 1.165) is 40.8 Å². The lowest BCUT2D eigenvalue weighted by atomic mass is 10.1. The molecule has 0 saturated heterocycles. The standard InChI is InChI=1S/C19H24ClN3O2/c1-21-19(22-12-11-14-7-4-5-9-16(14)20)23-13-15-8-6-10-17(24-2)18(15)25-3/h4-10H,11-13H2,1-3H3,(H2,21,22,23). The van der Waals surface area contributed by atoms with Crippen molar-refractivity contribution >= 4 is 17.6 Å². The summed E-state index contributed by atoms with van der Waals surface area (Å²) < 4.78 is 10.8. The van der Waals surface area contributed by atoms with Crippen LogP contribution >= 0.6 is 11.6 Å². The van der Waals surface area contributed by atoms with E-state index in [1.54, 1.807) is 21.3 Å². The predicted molar refractivity (Wildman–Crippen MR) is 103 cm³/mol. The van der Waals surface area contributed by atoms with Crippen LogP contribution < -0.4 is 20.1 Å². The van der Waals surface area contributed by atoms with Gasteiger partial charge in [0.2, 0.25) is 0 Å². The van der Waals surface area contributed by atoms with Crippen LogP contribution in [0, 0.1) is 0 Å². The highest BCUT2D eigenvalue weighted by atomic mass is 35.5. The molecule has 0 unspecified atom stereocenters. The van der Waals surface area contributed by atoms with Gasteiger partial charge in [-0.25, -0.2) is 0 Å². The maximum Gasteiger partial charge on any atom is 0.191 e. The SMILES string of the molecule is CN=C(NCCc1ccccc1Cl)NCc1cccc(OC)c1OC. The number of hydrogen-bond acceptors (Lipinski definition) is 3. The molecule has 2 aromatic carbocycles. The van der Waals surface area contributed by atoms with Crippen LogP contribution in [0.25, 0.3) is 0 Å². The highest BCUT2D eigenvalue weighted by Crippen LogP contribution is 2.30. The van der Waals surface area contributed by atoms with E-state index >= 15 is 0 Å². The van der Waals surface area contributed by atoms with E-state index in [0.29, 0.717) is 12.3 Å². The number of benzene rings is 2. The Labute approximate surface area is 154 Å². The fraction of sp³-hybridized carbons (Fsp3) is 0.316. The van der Waals surface area contributed by atoms with Gasteiger partial charge in [0.1, 0.15) is 0 Å². The van der Waals surface area contributed by atoms with Gasteiger partial charge in [-0.15, -0.1) is 0 Å². The molecule has 2 aromatic rings. The Morgan fingerprint density at radius 3 is 2.44 bits per heavy atom. The van der Waals surface area contributed by atoms with Crippen molar-refractivity contribution in [3.8, 4) is 11.5 Å². The van der Waals surface area contributed by atoms with Crippen LogP contribution in [0.2, 0.25) is 5.02 Å². The van der Waals surface area contributed by atoms with Gasteiger partial charge in [0.15, 0.2) is 17.5 Å². The Morgan fingerprint density at radius 2 is 1.76 bits per heavy atom. The van der Waals surface area contributed by atoms with Crippen molar-refractivity contribution in [2.24, 2.45) is 4.99 Å². The molecule has 0 bridgehead atoms. The average Bonchev–Trinajstić information content (AvgIpc) is 2.65. The molecule has 0 aliphatic rings. The molecule has 0 heterocycles. The third-order valence-corrected chi connectivity index (χ3v) is 4.17. The molecule has 0 fully saturated rings. The van der Waals surface area contributed by atoms with Crippen LogP contribution in [0.1, 0.15) is 11.1 Å². The Hall–Kier alpha value is -2.40. The molecule has 0 spiro atoms. The number of guanidine groups is 1. The van der Waals surface area contributed by atoms with Crippen LogP contribution in [0.3, 0.4) is 0 Å². The molecule has 0 amide bonds. The summed E-state index contributed by atoms with van der Waals surface area (Å²) in [5.41, 5.74) is 2.11. The number of nitrogens with zero attached hydrogens (tertiary/aromatic N) is 1. The zero-order chi connectivity index (χ0) is 18.1. The minimum absolute atomic E-state index is 0.576. The van der Waals surface area contributed by atoms with Gasteiger partial charge in [-0.3, -0.25) is 4.99 Å².